The van der Waals surface area contributed by atoms with Crippen LogP contribution in [0.5, 0.6) is 0 Å². The van der Waals surface area contributed by atoms with Crippen molar-refractivity contribution < 1.29 is 15.0 Å². The minimum Gasteiger partial charge on any atom is -0.394 e. The molecule has 49 heavy (non-hydrogen) atoms. The number of aliphatic hydroxyl groups excluding tert-OH is 2. The maximum Gasteiger partial charge on any atom is 0.220 e. The van der Waals surface area contributed by atoms with E-state index < -0.39 is 12.1 Å². The number of rotatable bonds is 39. The van der Waals surface area contributed by atoms with Crippen LogP contribution in [0.4, 0.5) is 0 Å². The van der Waals surface area contributed by atoms with E-state index in [-0.39, 0.29) is 12.5 Å². The van der Waals surface area contributed by atoms with Gasteiger partial charge >= 0.3 is 0 Å². The van der Waals surface area contributed by atoms with Gasteiger partial charge < -0.3 is 15.5 Å². The van der Waals surface area contributed by atoms with E-state index in [1.54, 1.807) is 6.08 Å². The maximum absolute atomic E-state index is 12.3. The minimum atomic E-state index is -0.859. The van der Waals surface area contributed by atoms with Gasteiger partial charge in [0.15, 0.2) is 0 Å². The standard InChI is InChI=1S/C45H85NO3/c1-3-5-7-9-11-13-15-16-17-18-19-20-21-22-23-24-25-26-27-28-29-31-33-35-37-39-41-45(49)46-43(42-47)44(48)40-38-36-34-32-30-14-12-10-8-6-4-2/h22-23,30,32,38,40,43-44,47-48H,3-21,24-29,31,33-37,39,41-42H2,1-2H3,(H,46,49)/b23-22-,32-30+,40-38+. The van der Waals surface area contributed by atoms with Crippen LogP contribution in [0.2, 0.25) is 0 Å². The number of nitrogens with one attached hydrogen (secondary N) is 1. The molecule has 0 aliphatic rings. The Labute approximate surface area is 306 Å². The Morgan fingerprint density at radius 1 is 0.469 bits per heavy atom. The highest BCUT2D eigenvalue weighted by Crippen LogP contribution is 2.14. The van der Waals surface area contributed by atoms with E-state index in [0.29, 0.717) is 6.42 Å². The van der Waals surface area contributed by atoms with Gasteiger partial charge in [0.2, 0.25) is 5.91 Å². The fourth-order valence-electron chi connectivity index (χ4n) is 6.48. The van der Waals surface area contributed by atoms with Crippen molar-refractivity contribution >= 4 is 5.91 Å². The number of unbranched alkanes of at least 4 members (excludes halogenated alkanes) is 28. The zero-order chi connectivity index (χ0) is 35.7. The molecule has 0 aromatic heterocycles. The Hall–Kier alpha value is -1.39. The third-order valence-corrected chi connectivity index (χ3v) is 9.85. The summed E-state index contributed by atoms with van der Waals surface area (Å²) in [6, 6.07) is -0.637. The first kappa shape index (κ1) is 47.6. The zero-order valence-electron chi connectivity index (χ0n) is 33.0. The molecule has 0 aliphatic heterocycles. The average Bonchev–Trinajstić information content (AvgIpc) is 3.10. The molecule has 4 heteroatoms. The van der Waals surface area contributed by atoms with Gasteiger partial charge in [0.05, 0.1) is 18.8 Å². The lowest BCUT2D eigenvalue weighted by Gasteiger charge is -2.19. The molecule has 0 aromatic rings. The van der Waals surface area contributed by atoms with Crippen molar-refractivity contribution in [2.75, 3.05) is 6.61 Å². The van der Waals surface area contributed by atoms with Crippen LogP contribution in [0.25, 0.3) is 0 Å². The number of hydrogen-bond acceptors (Lipinski definition) is 3. The Bertz CT molecular complexity index is 746. The molecule has 0 bridgehead atoms. The first-order valence-electron chi connectivity index (χ1n) is 21.7. The number of allylic oxidation sites excluding steroid dienone is 5. The van der Waals surface area contributed by atoms with Crippen molar-refractivity contribution in [2.24, 2.45) is 0 Å². The van der Waals surface area contributed by atoms with E-state index >= 15 is 0 Å². The van der Waals surface area contributed by atoms with E-state index in [4.69, 9.17) is 0 Å². The maximum atomic E-state index is 12.3. The van der Waals surface area contributed by atoms with E-state index in [0.717, 1.165) is 32.1 Å². The van der Waals surface area contributed by atoms with Crippen LogP contribution >= 0.6 is 0 Å². The van der Waals surface area contributed by atoms with Crippen LogP contribution in [0.3, 0.4) is 0 Å². The molecular formula is C45H85NO3. The van der Waals surface area contributed by atoms with Crippen molar-refractivity contribution in [2.45, 2.75) is 238 Å². The van der Waals surface area contributed by atoms with Crippen molar-refractivity contribution in [1.82, 2.24) is 5.32 Å². The van der Waals surface area contributed by atoms with Gasteiger partial charge in [0.1, 0.15) is 0 Å². The molecule has 1 amide bonds. The van der Waals surface area contributed by atoms with Crippen LogP contribution in [0.15, 0.2) is 36.5 Å². The van der Waals surface area contributed by atoms with Crippen LogP contribution in [0, 0.1) is 0 Å². The molecule has 0 aromatic carbocycles. The summed E-state index contributed by atoms with van der Waals surface area (Å²) in [4.78, 5) is 12.3. The summed E-state index contributed by atoms with van der Waals surface area (Å²) < 4.78 is 0. The topological polar surface area (TPSA) is 69.6 Å². The Balaban J connectivity index is 3.51. The molecule has 0 saturated heterocycles. The molecule has 4 nitrogen and oxygen atoms in total. The summed E-state index contributed by atoms with van der Waals surface area (Å²) in [6.07, 6.45) is 54.1. The van der Waals surface area contributed by atoms with Crippen LogP contribution in [-0.4, -0.2) is 34.9 Å². The second-order valence-electron chi connectivity index (χ2n) is 14.8. The summed E-state index contributed by atoms with van der Waals surface area (Å²) in [7, 11) is 0. The fraction of sp³-hybridized carbons (Fsp3) is 0.844. The van der Waals surface area contributed by atoms with Crippen LogP contribution in [-0.2, 0) is 4.79 Å². The molecule has 0 rings (SSSR count). The third-order valence-electron chi connectivity index (χ3n) is 9.85. The molecule has 3 N–H and O–H groups in total. The lowest BCUT2D eigenvalue weighted by Crippen LogP contribution is -2.45. The quantitative estimate of drug-likeness (QED) is 0.0445. The summed E-state index contributed by atoms with van der Waals surface area (Å²) in [5.41, 5.74) is 0. The van der Waals surface area contributed by atoms with Gasteiger partial charge in [-0.05, 0) is 57.8 Å². The smallest absolute Gasteiger partial charge is 0.220 e. The van der Waals surface area contributed by atoms with Gasteiger partial charge in [-0.25, -0.2) is 0 Å². The van der Waals surface area contributed by atoms with E-state index in [1.807, 2.05) is 6.08 Å². The van der Waals surface area contributed by atoms with Gasteiger partial charge in [-0.2, -0.15) is 0 Å². The third kappa shape index (κ3) is 37.7. The highest BCUT2D eigenvalue weighted by Gasteiger charge is 2.17. The van der Waals surface area contributed by atoms with Gasteiger partial charge in [-0.1, -0.05) is 198 Å². The molecule has 0 heterocycles. The molecule has 0 aliphatic carbocycles. The van der Waals surface area contributed by atoms with E-state index in [9.17, 15) is 15.0 Å². The second-order valence-corrected chi connectivity index (χ2v) is 14.8. The molecule has 0 fully saturated rings. The van der Waals surface area contributed by atoms with E-state index in [1.165, 1.54) is 173 Å². The van der Waals surface area contributed by atoms with Crippen LogP contribution in [0.1, 0.15) is 226 Å². The fourth-order valence-corrected chi connectivity index (χ4v) is 6.48. The first-order chi connectivity index (χ1) is 24.2. The average molecular weight is 688 g/mol. The largest absolute Gasteiger partial charge is 0.394 e. The van der Waals surface area contributed by atoms with E-state index in [2.05, 4.69) is 43.5 Å². The van der Waals surface area contributed by atoms with Gasteiger partial charge in [0, 0.05) is 6.42 Å². The summed E-state index contributed by atoms with van der Waals surface area (Å²) in [5, 5.41) is 22.9. The molecule has 0 radical (unpaired) electrons. The van der Waals surface area contributed by atoms with Crippen molar-refractivity contribution in [1.29, 1.82) is 0 Å². The SMILES string of the molecule is CCCCCCC/C=C/CC/C=C/C(O)C(CO)NC(=O)CCCCCCCCCCCC/C=C\CCCCCCCCCCCCCC. The minimum absolute atomic E-state index is 0.0763. The van der Waals surface area contributed by atoms with Crippen LogP contribution < -0.4 is 5.32 Å². The lowest BCUT2D eigenvalue weighted by atomic mass is 10.0. The molecule has 0 saturated carbocycles. The highest BCUT2D eigenvalue weighted by atomic mass is 16.3. The van der Waals surface area contributed by atoms with Crippen molar-refractivity contribution in [3.05, 3.63) is 36.5 Å². The predicted molar refractivity (Wildman–Crippen MR) is 216 cm³/mol. The second kappa shape index (κ2) is 41.0. The number of carbonyl (C=O) groups excluding carboxylic acids is 1. The van der Waals surface area contributed by atoms with Crippen molar-refractivity contribution in [3.63, 3.8) is 0 Å². The zero-order valence-corrected chi connectivity index (χ0v) is 33.0. The summed E-state index contributed by atoms with van der Waals surface area (Å²) in [6.45, 7) is 4.28. The number of carbonyl (C=O) groups is 1. The monoisotopic (exact) mass is 688 g/mol. The molecule has 2 atom stereocenters. The number of aliphatic hydroxyl groups is 2. The Kier molecular flexibility index (Phi) is 39.9. The Morgan fingerprint density at radius 3 is 1.18 bits per heavy atom. The lowest BCUT2D eigenvalue weighted by molar-refractivity contribution is -0.123. The highest BCUT2D eigenvalue weighted by molar-refractivity contribution is 5.76. The first-order valence-corrected chi connectivity index (χ1v) is 21.7. The Morgan fingerprint density at radius 2 is 0.796 bits per heavy atom. The van der Waals surface area contributed by atoms with Gasteiger partial charge in [0.25, 0.3) is 0 Å². The normalized spacial score (nSPS) is 13.3. The molecular weight excluding hydrogens is 602 g/mol. The molecule has 0 spiro atoms. The summed E-state index contributed by atoms with van der Waals surface area (Å²) >= 11 is 0. The van der Waals surface area contributed by atoms with Crippen molar-refractivity contribution in [3.8, 4) is 0 Å². The molecule has 288 valence electrons. The predicted octanol–water partition coefficient (Wildman–Crippen LogP) is 13.4. The van der Waals surface area contributed by atoms with Gasteiger partial charge in [-0.3, -0.25) is 4.79 Å². The number of amides is 1. The number of hydrogen-bond donors (Lipinski definition) is 3. The summed E-state index contributed by atoms with van der Waals surface area (Å²) in [5.74, 6) is -0.0763. The van der Waals surface area contributed by atoms with Gasteiger partial charge in [-0.15, -0.1) is 0 Å². The molecule has 2 unspecified atom stereocenters.